The number of nitrogens with zero attached hydrogens (tertiary/aromatic N) is 1. The van der Waals surface area contributed by atoms with Gasteiger partial charge in [-0.1, -0.05) is 36.4 Å². The van der Waals surface area contributed by atoms with Gasteiger partial charge in [-0.2, -0.15) is 0 Å². The van der Waals surface area contributed by atoms with Crippen LogP contribution in [0.2, 0.25) is 0 Å². The van der Waals surface area contributed by atoms with Crippen LogP contribution in [0.1, 0.15) is 31.4 Å². The molecule has 2 unspecified atom stereocenters. The molecule has 1 aliphatic heterocycles. The van der Waals surface area contributed by atoms with Crippen molar-refractivity contribution in [2.75, 3.05) is 25.5 Å². The van der Waals surface area contributed by atoms with Gasteiger partial charge in [0.1, 0.15) is 5.75 Å². The summed E-state index contributed by atoms with van der Waals surface area (Å²) in [5.74, 6) is 0.584. The maximum Gasteiger partial charge on any atom is 0.241 e. The van der Waals surface area contributed by atoms with Crippen molar-refractivity contribution in [3.63, 3.8) is 0 Å². The highest BCUT2D eigenvalue weighted by atomic mass is 16.5. The molecule has 1 heterocycles. The molecular weight excluding hydrogens is 402 g/mol. The second-order valence-corrected chi connectivity index (χ2v) is 8.24. The predicted octanol–water partition coefficient (Wildman–Crippen LogP) is 4.13. The zero-order valence-corrected chi connectivity index (χ0v) is 18.5. The van der Waals surface area contributed by atoms with Gasteiger partial charge >= 0.3 is 0 Å². The first kappa shape index (κ1) is 21.8. The third kappa shape index (κ3) is 5.08. The highest BCUT2D eigenvalue weighted by molar-refractivity contribution is 5.95. The summed E-state index contributed by atoms with van der Waals surface area (Å²) < 4.78 is 5.15. The SMILES string of the molecule is COc1ccc(NC(=O)C2CCCN2CC(=O)NC(C)c2ccc3ccccc3c2)cc1. The molecule has 3 aromatic rings. The van der Waals surface area contributed by atoms with Gasteiger partial charge < -0.3 is 15.4 Å². The fraction of sp³-hybridized carbons (Fsp3) is 0.308. The zero-order valence-electron chi connectivity index (χ0n) is 18.5. The number of anilines is 1. The molecule has 4 rings (SSSR count). The van der Waals surface area contributed by atoms with Gasteiger partial charge in [0.15, 0.2) is 0 Å². The van der Waals surface area contributed by atoms with E-state index in [-0.39, 0.29) is 30.4 Å². The summed E-state index contributed by atoms with van der Waals surface area (Å²) in [7, 11) is 1.61. The largest absolute Gasteiger partial charge is 0.497 e. The van der Waals surface area contributed by atoms with E-state index in [1.165, 1.54) is 5.39 Å². The van der Waals surface area contributed by atoms with Gasteiger partial charge in [-0.25, -0.2) is 0 Å². The Bertz CT molecular complexity index is 1100. The Morgan fingerprint density at radius 1 is 1.06 bits per heavy atom. The monoisotopic (exact) mass is 431 g/mol. The summed E-state index contributed by atoms with van der Waals surface area (Å²) in [6.07, 6.45) is 1.64. The van der Waals surface area contributed by atoms with Gasteiger partial charge in [0, 0.05) is 5.69 Å². The lowest BCUT2D eigenvalue weighted by atomic mass is 10.0. The van der Waals surface area contributed by atoms with Gasteiger partial charge in [-0.15, -0.1) is 0 Å². The summed E-state index contributed by atoms with van der Waals surface area (Å²) in [6, 6.07) is 21.2. The summed E-state index contributed by atoms with van der Waals surface area (Å²) in [5.41, 5.74) is 1.78. The third-order valence-corrected chi connectivity index (χ3v) is 6.02. The standard InChI is InChI=1S/C26H29N3O3/c1-18(20-10-9-19-6-3-4-7-21(19)16-20)27-25(30)17-29-15-5-8-24(29)26(31)28-22-11-13-23(32-2)14-12-22/h3-4,6-7,9-14,16,18,24H,5,8,15,17H2,1-2H3,(H,27,30)(H,28,31). The second kappa shape index (κ2) is 9.83. The van der Waals surface area contributed by atoms with Crippen molar-refractivity contribution >= 4 is 28.3 Å². The molecule has 0 aliphatic carbocycles. The van der Waals surface area contributed by atoms with E-state index in [0.29, 0.717) is 0 Å². The van der Waals surface area contributed by atoms with Crippen LogP contribution in [0.3, 0.4) is 0 Å². The number of benzene rings is 3. The van der Waals surface area contributed by atoms with Crippen LogP contribution in [-0.2, 0) is 9.59 Å². The van der Waals surface area contributed by atoms with E-state index in [0.717, 1.165) is 41.8 Å². The second-order valence-electron chi connectivity index (χ2n) is 8.24. The minimum atomic E-state index is -0.307. The molecule has 1 aliphatic rings. The van der Waals surface area contributed by atoms with Crippen LogP contribution in [0.25, 0.3) is 10.8 Å². The van der Waals surface area contributed by atoms with Crippen LogP contribution in [-0.4, -0.2) is 43.0 Å². The van der Waals surface area contributed by atoms with Gasteiger partial charge in [-0.05, 0) is 73.0 Å². The molecular formula is C26H29N3O3. The molecule has 0 spiro atoms. The van der Waals surface area contributed by atoms with Crippen LogP contribution < -0.4 is 15.4 Å². The lowest BCUT2D eigenvalue weighted by molar-refractivity contribution is -0.125. The quantitative estimate of drug-likeness (QED) is 0.590. The van der Waals surface area contributed by atoms with Crippen molar-refractivity contribution in [2.24, 2.45) is 0 Å². The third-order valence-electron chi connectivity index (χ3n) is 6.02. The minimum absolute atomic E-state index is 0.0743. The van der Waals surface area contributed by atoms with Gasteiger partial charge in [-0.3, -0.25) is 14.5 Å². The summed E-state index contributed by atoms with van der Waals surface area (Å²) >= 11 is 0. The van der Waals surface area contributed by atoms with E-state index in [1.807, 2.05) is 54.3 Å². The molecule has 32 heavy (non-hydrogen) atoms. The Morgan fingerprint density at radius 3 is 2.56 bits per heavy atom. The number of rotatable bonds is 7. The number of amides is 2. The maximum absolute atomic E-state index is 12.8. The lowest BCUT2D eigenvalue weighted by Gasteiger charge is -2.24. The Morgan fingerprint density at radius 2 is 1.81 bits per heavy atom. The van der Waals surface area contributed by atoms with Crippen molar-refractivity contribution in [3.8, 4) is 5.75 Å². The number of fused-ring (bicyclic) bond motifs is 1. The minimum Gasteiger partial charge on any atom is -0.497 e. The van der Waals surface area contributed by atoms with Crippen molar-refractivity contribution in [1.29, 1.82) is 0 Å². The first-order chi connectivity index (χ1) is 15.5. The lowest BCUT2D eigenvalue weighted by Crippen LogP contribution is -2.45. The Balaban J connectivity index is 1.34. The Labute approximate surface area is 188 Å². The van der Waals surface area contributed by atoms with Crippen molar-refractivity contribution in [3.05, 3.63) is 72.3 Å². The van der Waals surface area contributed by atoms with Crippen molar-refractivity contribution < 1.29 is 14.3 Å². The number of hydrogen-bond donors (Lipinski definition) is 2. The zero-order chi connectivity index (χ0) is 22.5. The molecule has 0 bridgehead atoms. The molecule has 2 atom stereocenters. The number of hydrogen-bond acceptors (Lipinski definition) is 4. The summed E-state index contributed by atoms with van der Waals surface area (Å²) in [6.45, 7) is 2.93. The highest BCUT2D eigenvalue weighted by Crippen LogP contribution is 2.22. The van der Waals surface area contributed by atoms with Crippen molar-refractivity contribution in [1.82, 2.24) is 10.2 Å². The number of methoxy groups -OCH3 is 1. The van der Waals surface area contributed by atoms with Crippen LogP contribution in [0.4, 0.5) is 5.69 Å². The predicted molar refractivity (Wildman–Crippen MR) is 127 cm³/mol. The normalized spacial score (nSPS) is 17.1. The number of nitrogens with one attached hydrogen (secondary N) is 2. The molecule has 6 heteroatoms. The summed E-state index contributed by atoms with van der Waals surface area (Å²) in [4.78, 5) is 27.5. The first-order valence-corrected chi connectivity index (χ1v) is 11.0. The molecule has 2 N–H and O–H groups in total. The number of likely N-dealkylation sites (tertiary alicyclic amines) is 1. The van der Waals surface area contributed by atoms with E-state index in [9.17, 15) is 9.59 Å². The molecule has 0 aromatic heterocycles. The highest BCUT2D eigenvalue weighted by Gasteiger charge is 2.32. The number of carbonyl (C=O) groups excluding carboxylic acids is 2. The van der Waals surface area contributed by atoms with E-state index in [1.54, 1.807) is 7.11 Å². The van der Waals surface area contributed by atoms with Gasteiger partial charge in [0.2, 0.25) is 11.8 Å². The summed E-state index contributed by atoms with van der Waals surface area (Å²) in [5, 5.41) is 8.37. The van der Waals surface area contributed by atoms with Crippen LogP contribution in [0.15, 0.2) is 66.7 Å². The maximum atomic E-state index is 12.8. The fourth-order valence-electron chi connectivity index (χ4n) is 4.24. The Hall–Kier alpha value is -3.38. The first-order valence-electron chi connectivity index (χ1n) is 11.0. The van der Waals surface area contributed by atoms with E-state index in [4.69, 9.17) is 4.74 Å². The fourth-order valence-corrected chi connectivity index (χ4v) is 4.24. The molecule has 1 fully saturated rings. The smallest absolute Gasteiger partial charge is 0.241 e. The van der Waals surface area contributed by atoms with Gasteiger partial charge in [0.25, 0.3) is 0 Å². The van der Waals surface area contributed by atoms with Gasteiger partial charge in [0.05, 0.1) is 25.7 Å². The molecule has 2 amide bonds. The molecule has 1 saturated heterocycles. The van der Waals surface area contributed by atoms with Crippen LogP contribution in [0.5, 0.6) is 5.75 Å². The number of carbonyl (C=O) groups is 2. The molecule has 0 radical (unpaired) electrons. The van der Waals surface area contributed by atoms with Crippen LogP contribution in [0, 0.1) is 0 Å². The molecule has 166 valence electrons. The number of ether oxygens (including phenoxy) is 1. The van der Waals surface area contributed by atoms with E-state index in [2.05, 4.69) is 34.9 Å². The average molecular weight is 432 g/mol. The Kier molecular flexibility index (Phi) is 6.71. The topological polar surface area (TPSA) is 70.7 Å². The van der Waals surface area contributed by atoms with Crippen LogP contribution >= 0.6 is 0 Å². The van der Waals surface area contributed by atoms with E-state index < -0.39 is 0 Å². The average Bonchev–Trinajstić information content (AvgIpc) is 3.27. The molecule has 6 nitrogen and oxygen atoms in total. The molecule has 0 saturated carbocycles. The van der Waals surface area contributed by atoms with Crippen molar-refractivity contribution in [2.45, 2.75) is 31.8 Å². The molecule has 3 aromatic carbocycles. The van der Waals surface area contributed by atoms with E-state index >= 15 is 0 Å².